The number of amides is 2. The summed E-state index contributed by atoms with van der Waals surface area (Å²) in [7, 11) is 0. The topological polar surface area (TPSA) is 72.2 Å². The van der Waals surface area contributed by atoms with Crippen molar-refractivity contribution in [1.29, 1.82) is 0 Å². The van der Waals surface area contributed by atoms with Crippen LogP contribution in [-0.4, -0.2) is 66.1 Å². The third-order valence-electron chi connectivity index (χ3n) is 7.28. The molecule has 0 aliphatic carbocycles. The SMILES string of the molecule is CC(C)N1CCOc2ccccc2CCCCC2(CN(C(=O)c3cc4cc(Cl)ccc4o3)CCO2)C1=O. The van der Waals surface area contributed by atoms with E-state index in [1.807, 2.05) is 36.9 Å². The number of fused-ring (bicyclic) bond motifs is 2. The molecule has 8 heteroatoms. The molecule has 1 fully saturated rings. The Bertz CT molecular complexity index is 1290. The second kappa shape index (κ2) is 10.8. The van der Waals surface area contributed by atoms with E-state index < -0.39 is 5.60 Å². The van der Waals surface area contributed by atoms with Crippen LogP contribution in [0.3, 0.4) is 0 Å². The molecule has 196 valence electrons. The summed E-state index contributed by atoms with van der Waals surface area (Å²) in [4.78, 5) is 31.1. The van der Waals surface area contributed by atoms with Gasteiger partial charge in [0.25, 0.3) is 11.8 Å². The van der Waals surface area contributed by atoms with Gasteiger partial charge < -0.3 is 23.7 Å². The van der Waals surface area contributed by atoms with Crippen molar-refractivity contribution in [2.24, 2.45) is 0 Å². The van der Waals surface area contributed by atoms with Crippen LogP contribution in [0.15, 0.2) is 52.9 Å². The summed E-state index contributed by atoms with van der Waals surface area (Å²) in [6.45, 7) is 5.69. The largest absolute Gasteiger partial charge is 0.491 e. The number of rotatable bonds is 2. The third-order valence-corrected chi connectivity index (χ3v) is 7.51. The van der Waals surface area contributed by atoms with Crippen molar-refractivity contribution in [2.45, 2.75) is 51.2 Å². The van der Waals surface area contributed by atoms with Crippen LogP contribution in [0.4, 0.5) is 0 Å². The van der Waals surface area contributed by atoms with Crippen LogP contribution < -0.4 is 4.74 Å². The Morgan fingerprint density at radius 3 is 2.73 bits per heavy atom. The lowest BCUT2D eigenvalue weighted by Crippen LogP contribution is -2.63. The minimum absolute atomic E-state index is 0.0408. The average Bonchev–Trinajstić information content (AvgIpc) is 3.31. The van der Waals surface area contributed by atoms with Crippen molar-refractivity contribution in [1.82, 2.24) is 9.80 Å². The first kappa shape index (κ1) is 25.6. The van der Waals surface area contributed by atoms with E-state index in [4.69, 9.17) is 25.5 Å². The highest BCUT2D eigenvalue weighted by atomic mass is 35.5. The number of halogens is 1. The number of furan rings is 1. The number of carbonyl (C=O) groups excluding carboxylic acids is 2. The van der Waals surface area contributed by atoms with Crippen LogP contribution in [0.1, 0.15) is 49.2 Å². The summed E-state index contributed by atoms with van der Waals surface area (Å²) in [5.41, 5.74) is 0.668. The molecule has 2 aliphatic heterocycles. The number of para-hydroxylation sites is 1. The summed E-state index contributed by atoms with van der Waals surface area (Å²) in [5.74, 6) is 0.781. The van der Waals surface area contributed by atoms with Crippen molar-refractivity contribution in [3.63, 3.8) is 0 Å². The number of morpholine rings is 1. The Hall–Kier alpha value is -3.03. The predicted octanol–water partition coefficient (Wildman–Crippen LogP) is 5.34. The maximum atomic E-state index is 14.1. The third kappa shape index (κ3) is 5.34. The van der Waals surface area contributed by atoms with Gasteiger partial charge >= 0.3 is 0 Å². The fourth-order valence-corrected chi connectivity index (χ4v) is 5.49. The normalized spacial score (nSPS) is 21.5. The van der Waals surface area contributed by atoms with Crippen molar-refractivity contribution in [3.05, 3.63) is 64.9 Å². The van der Waals surface area contributed by atoms with Crippen molar-refractivity contribution in [2.75, 3.05) is 32.8 Å². The van der Waals surface area contributed by atoms with E-state index in [0.29, 0.717) is 36.7 Å². The molecule has 1 saturated heterocycles. The Kier molecular flexibility index (Phi) is 7.45. The Morgan fingerprint density at radius 2 is 1.89 bits per heavy atom. The molecule has 2 aromatic carbocycles. The van der Waals surface area contributed by atoms with Gasteiger partial charge in [-0.2, -0.15) is 0 Å². The standard InChI is InChI=1S/C29H33ClN2O5/c1-20(2)32-14-15-35-24-9-4-3-7-21(24)8-5-6-12-29(28(32)34)19-31(13-16-36-29)27(33)26-18-22-17-23(30)10-11-25(22)37-26/h3-4,7,9-11,17-18,20H,5-6,8,12-16,19H2,1-2H3. The summed E-state index contributed by atoms with van der Waals surface area (Å²) >= 11 is 6.11. The molecule has 1 aromatic heterocycles. The lowest BCUT2D eigenvalue weighted by atomic mass is 9.90. The number of benzene rings is 2. The van der Waals surface area contributed by atoms with Crippen molar-refractivity contribution < 1.29 is 23.5 Å². The fraction of sp³-hybridized carbons (Fsp3) is 0.448. The number of aryl methyl sites for hydroxylation is 1. The van der Waals surface area contributed by atoms with Gasteiger partial charge in [-0.25, -0.2) is 0 Å². The van der Waals surface area contributed by atoms with Gasteiger partial charge in [-0.05, 0) is 75.4 Å². The van der Waals surface area contributed by atoms with Crippen molar-refractivity contribution >= 4 is 34.4 Å². The van der Waals surface area contributed by atoms with Gasteiger partial charge in [0.2, 0.25) is 0 Å². The van der Waals surface area contributed by atoms with Gasteiger partial charge in [0.15, 0.2) is 11.4 Å². The van der Waals surface area contributed by atoms with Crippen LogP contribution in [0.25, 0.3) is 11.0 Å². The van der Waals surface area contributed by atoms with Gasteiger partial charge in [-0.1, -0.05) is 29.8 Å². The second-order valence-electron chi connectivity index (χ2n) is 10.1. The summed E-state index contributed by atoms with van der Waals surface area (Å²) in [6, 6.07) is 15.0. The molecule has 2 amide bonds. The van der Waals surface area contributed by atoms with Crippen LogP contribution in [-0.2, 0) is 16.0 Å². The molecule has 7 nitrogen and oxygen atoms in total. The van der Waals surface area contributed by atoms with Gasteiger partial charge in [0.1, 0.15) is 17.9 Å². The lowest BCUT2D eigenvalue weighted by molar-refractivity contribution is -0.172. The molecular formula is C29H33ClN2O5. The lowest BCUT2D eigenvalue weighted by Gasteiger charge is -2.44. The molecular weight excluding hydrogens is 492 g/mol. The van der Waals surface area contributed by atoms with Crippen LogP contribution in [0.2, 0.25) is 5.02 Å². The highest BCUT2D eigenvalue weighted by Gasteiger charge is 2.47. The van der Waals surface area contributed by atoms with Gasteiger partial charge in [0.05, 0.1) is 19.7 Å². The van der Waals surface area contributed by atoms with Gasteiger partial charge in [0, 0.05) is 23.0 Å². The number of ether oxygens (including phenoxy) is 2. The Morgan fingerprint density at radius 1 is 1.05 bits per heavy atom. The second-order valence-corrected chi connectivity index (χ2v) is 10.6. The molecule has 0 saturated carbocycles. The first-order valence-corrected chi connectivity index (χ1v) is 13.4. The molecule has 37 heavy (non-hydrogen) atoms. The van der Waals surface area contributed by atoms with E-state index in [1.54, 1.807) is 29.2 Å². The van der Waals surface area contributed by atoms with E-state index >= 15 is 0 Å². The van der Waals surface area contributed by atoms with Crippen LogP contribution in [0.5, 0.6) is 5.75 Å². The Balaban J connectivity index is 1.41. The fourth-order valence-electron chi connectivity index (χ4n) is 5.31. The molecule has 3 heterocycles. The van der Waals surface area contributed by atoms with Gasteiger partial charge in [-0.15, -0.1) is 0 Å². The molecule has 1 unspecified atom stereocenters. The average molecular weight is 525 g/mol. The number of hydrogen-bond acceptors (Lipinski definition) is 5. The zero-order chi connectivity index (χ0) is 26.0. The first-order chi connectivity index (χ1) is 17.9. The molecule has 5 rings (SSSR count). The predicted molar refractivity (Wildman–Crippen MR) is 142 cm³/mol. The van der Waals surface area contributed by atoms with E-state index in [2.05, 4.69) is 6.07 Å². The molecule has 1 atom stereocenters. The maximum absolute atomic E-state index is 14.1. The number of hydrogen-bond donors (Lipinski definition) is 0. The van der Waals surface area contributed by atoms with Gasteiger partial charge in [-0.3, -0.25) is 9.59 Å². The zero-order valence-corrected chi connectivity index (χ0v) is 22.1. The van der Waals surface area contributed by atoms with E-state index in [9.17, 15) is 9.59 Å². The van der Waals surface area contributed by atoms with Crippen LogP contribution in [0, 0.1) is 0 Å². The quantitative estimate of drug-likeness (QED) is 0.452. The molecule has 2 aliphatic rings. The summed E-state index contributed by atoms with van der Waals surface area (Å²) in [6.07, 6.45) is 3.08. The monoisotopic (exact) mass is 524 g/mol. The highest BCUT2D eigenvalue weighted by Crippen LogP contribution is 2.32. The van der Waals surface area contributed by atoms with E-state index in [0.717, 1.165) is 30.4 Å². The Labute approximate surface area is 222 Å². The zero-order valence-electron chi connectivity index (χ0n) is 21.4. The minimum atomic E-state index is -1.10. The summed E-state index contributed by atoms with van der Waals surface area (Å²) in [5, 5.41) is 1.35. The summed E-state index contributed by atoms with van der Waals surface area (Å²) < 4.78 is 18.2. The van der Waals surface area contributed by atoms with E-state index in [-0.39, 0.29) is 36.8 Å². The smallest absolute Gasteiger partial charge is 0.289 e. The van der Waals surface area contributed by atoms with Crippen LogP contribution >= 0.6 is 11.6 Å². The van der Waals surface area contributed by atoms with Crippen molar-refractivity contribution in [3.8, 4) is 5.75 Å². The minimum Gasteiger partial charge on any atom is -0.491 e. The number of nitrogens with zero attached hydrogens (tertiary/aromatic N) is 2. The molecule has 0 radical (unpaired) electrons. The molecule has 0 bridgehead atoms. The molecule has 1 spiro atoms. The molecule has 3 aromatic rings. The first-order valence-electron chi connectivity index (χ1n) is 13.0. The maximum Gasteiger partial charge on any atom is 0.289 e. The number of carbonyl (C=O) groups is 2. The molecule has 0 N–H and O–H groups in total. The highest BCUT2D eigenvalue weighted by molar-refractivity contribution is 6.31. The van der Waals surface area contributed by atoms with E-state index in [1.165, 1.54) is 5.56 Å².